The monoisotopic (exact) mass is 276 g/mol. The number of alkyl halides is 1. The number of hydrogen-bond donors (Lipinski definition) is 0. The van der Waals surface area contributed by atoms with E-state index in [0.29, 0.717) is 5.92 Å². The highest BCUT2D eigenvalue weighted by atomic mass is 79.9. The van der Waals surface area contributed by atoms with Crippen molar-refractivity contribution in [3.63, 3.8) is 0 Å². The first kappa shape index (κ1) is 13.0. The summed E-state index contributed by atoms with van der Waals surface area (Å²) in [5, 5.41) is 0. The molecule has 4 heteroatoms. The molecule has 0 radical (unpaired) electrons. The van der Waals surface area contributed by atoms with E-state index < -0.39 is 0 Å². The van der Waals surface area contributed by atoms with Gasteiger partial charge in [-0.2, -0.15) is 0 Å². The molecule has 0 aromatic rings. The molecule has 88 valence electrons. The van der Waals surface area contributed by atoms with Crippen LogP contribution in [0.3, 0.4) is 0 Å². The third-order valence-corrected chi connectivity index (χ3v) is 3.48. The fourth-order valence-electron chi connectivity index (χ4n) is 2.03. The maximum Gasteiger partial charge on any atom is 0.235 e. The Balaban J connectivity index is 2.32. The Kier molecular flexibility index (Phi) is 5.06. The number of nitrogens with zero attached hydrogens (tertiary/aromatic N) is 2. The Morgan fingerprint density at radius 3 is 2.53 bits per heavy atom. The van der Waals surface area contributed by atoms with Crippen molar-refractivity contribution >= 4 is 21.8 Å². The Bertz CT molecular complexity index is 213. The molecule has 0 spiro atoms. The van der Waals surface area contributed by atoms with Crippen LogP contribution in [0.1, 0.15) is 19.8 Å². The van der Waals surface area contributed by atoms with Gasteiger partial charge in [0.05, 0.1) is 4.83 Å². The SMILES string of the molecule is CC(Br)C(=O)N(C)CC1CCN(C)CC1. The maximum absolute atomic E-state index is 11.6. The quantitative estimate of drug-likeness (QED) is 0.731. The molecule has 1 atom stereocenters. The van der Waals surface area contributed by atoms with E-state index in [0.717, 1.165) is 19.6 Å². The fraction of sp³-hybridized carbons (Fsp3) is 0.909. The maximum atomic E-state index is 11.6. The van der Waals surface area contributed by atoms with Crippen LogP contribution >= 0.6 is 15.9 Å². The predicted molar refractivity (Wildman–Crippen MR) is 66.2 cm³/mol. The zero-order valence-electron chi connectivity index (χ0n) is 9.87. The largest absolute Gasteiger partial charge is 0.345 e. The van der Waals surface area contributed by atoms with Crippen LogP contribution in [0.5, 0.6) is 0 Å². The Hall–Kier alpha value is -0.0900. The summed E-state index contributed by atoms with van der Waals surface area (Å²) in [5.74, 6) is 0.871. The third kappa shape index (κ3) is 4.11. The van der Waals surface area contributed by atoms with Gasteiger partial charge in [-0.25, -0.2) is 0 Å². The van der Waals surface area contributed by atoms with Gasteiger partial charge < -0.3 is 9.80 Å². The molecule has 3 nitrogen and oxygen atoms in total. The molecule has 0 aromatic carbocycles. The Morgan fingerprint density at radius 1 is 1.53 bits per heavy atom. The minimum atomic E-state index is -0.0613. The normalized spacial score (nSPS) is 21.3. The summed E-state index contributed by atoms with van der Waals surface area (Å²) in [6.45, 7) is 5.11. The second kappa shape index (κ2) is 5.85. The molecule has 0 N–H and O–H groups in total. The van der Waals surface area contributed by atoms with Crippen molar-refractivity contribution in [2.75, 3.05) is 33.7 Å². The average molecular weight is 277 g/mol. The number of carbonyl (C=O) groups is 1. The molecule has 1 rings (SSSR count). The Morgan fingerprint density at radius 2 is 2.07 bits per heavy atom. The van der Waals surface area contributed by atoms with E-state index in [1.807, 2.05) is 18.9 Å². The van der Waals surface area contributed by atoms with Gasteiger partial charge >= 0.3 is 0 Å². The van der Waals surface area contributed by atoms with Crippen LogP contribution in [-0.2, 0) is 4.79 Å². The van der Waals surface area contributed by atoms with Crippen LogP contribution < -0.4 is 0 Å². The molecule has 0 bridgehead atoms. The molecule has 1 heterocycles. The summed E-state index contributed by atoms with van der Waals surface area (Å²) in [7, 11) is 4.06. The molecule has 1 unspecified atom stereocenters. The van der Waals surface area contributed by atoms with Crippen LogP contribution in [0, 0.1) is 5.92 Å². The molecule has 0 saturated carbocycles. The lowest BCUT2D eigenvalue weighted by Crippen LogP contribution is -2.39. The number of amides is 1. The number of carbonyl (C=O) groups excluding carboxylic acids is 1. The lowest BCUT2D eigenvalue weighted by Gasteiger charge is -2.32. The van der Waals surface area contributed by atoms with Crippen molar-refractivity contribution in [2.45, 2.75) is 24.6 Å². The van der Waals surface area contributed by atoms with Crippen LogP contribution in [0.4, 0.5) is 0 Å². The zero-order chi connectivity index (χ0) is 11.4. The summed E-state index contributed by atoms with van der Waals surface area (Å²) in [5.41, 5.74) is 0. The molecule has 0 aliphatic carbocycles. The van der Waals surface area contributed by atoms with E-state index in [2.05, 4.69) is 27.9 Å². The van der Waals surface area contributed by atoms with Gasteiger partial charge in [-0.15, -0.1) is 0 Å². The molecule has 1 amide bonds. The molecule has 1 saturated heterocycles. The third-order valence-electron chi connectivity index (χ3n) is 3.09. The smallest absolute Gasteiger partial charge is 0.235 e. The van der Waals surface area contributed by atoms with E-state index in [4.69, 9.17) is 0 Å². The van der Waals surface area contributed by atoms with Gasteiger partial charge in [-0.3, -0.25) is 4.79 Å². The van der Waals surface area contributed by atoms with E-state index >= 15 is 0 Å². The number of piperidine rings is 1. The van der Waals surface area contributed by atoms with Crippen molar-refractivity contribution in [1.29, 1.82) is 0 Å². The summed E-state index contributed by atoms with van der Waals surface area (Å²) < 4.78 is 0. The molecule has 15 heavy (non-hydrogen) atoms. The van der Waals surface area contributed by atoms with Crippen molar-refractivity contribution in [2.24, 2.45) is 5.92 Å². The van der Waals surface area contributed by atoms with Gasteiger partial charge in [0.25, 0.3) is 0 Å². The van der Waals surface area contributed by atoms with Gasteiger partial charge in [0, 0.05) is 13.6 Å². The highest BCUT2D eigenvalue weighted by Gasteiger charge is 2.21. The van der Waals surface area contributed by atoms with Gasteiger partial charge in [0.15, 0.2) is 0 Å². The van der Waals surface area contributed by atoms with Crippen LogP contribution in [0.2, 0.25) is 0 Å². The van der Waals surface area contributed by atoms with E-state index in [1.54, 1.807) is 0 Å². The summed E-state index contributed by atoms with van der Waals surface area (Å²) in [4.78, 5) is 15.8. The van der Waals surface area contributed by atoms with Gasteiger partial charge in [-0.1, -0.05) is 15.9 Å². The van der Waals surface area contributed by atoms with E-state index in [1.165, 1.54) is 12.8 Å². The topological polar surface area (TPSA) is 23.6 Å². The number of rotatable bonds is 3. The van der Waals surface area contributed by atoms with Gasteiger partial charge in [0.2, 0.25) is 5.91 Å². The van der Waals surface area contributed by atoms with Crippen LogP contribution in [-0.4, -0.2) is 54.3 Å². The van der Waals surface area contributed by atoms with Crippen LogP contribution in [0.25, 0.3) is 0 Å². The second-order valence-corrected chi connectivity index (χ2v) is 5.95. The minimum Gasteiger partial charge on any atom is -0.345 e. The molecular formula is C11H21BrN2O. The van der Waals surface area contributed by atoms with E-state index in [9.17, 15) is 4.79 Å². The lowest BCUT2D eigenvalue weighted by molar-refractivity contribution is -0.129. The average Bonchev–Trinajstić information content (AvgIpc) is 2.20. The van der Waals surface area contributed by atoms with Gasteiger partial charge in [-0.05, 0) is 45.8 Å². The summed E-state index contributed by atoms with van der Waals surface area (Å²) in [6.07, 6.45) is 2.43. The van der Waals surface area contributed by atoms with Crippen molar-refractivity contribution in [3.05, 3.63) is 0 Å². The molecular weight excluding hydrogens is 256 g/mol. The van der Waals surface area contributed by atoms with Crippen molar-refractivity contribution in [3.8, 4) is 0 Å². The second-order valence-electron chi connectivity index (χ2n) is 4.58. The first-order chi connectivity index (χ1) is 7.00. The summed E-state index contributed by atoms with van der Waals surface area (Å²) >= 11 is 3.32. The predicted octanol–water partition coefficient (Wildman–Crippen LogP) is 1.57. The first-order valence-corrected chi connectivity index (χ1v) is 6.50. The highest BCUT2D eigenvalue weighted by molar-refractivity contribution is 9.10. The highest BCUT2D eigenvalue weighted by Crippen LogP contribution is 2.17. The number of hydrogen-bond acceptors (Lipinski definition) is 2. The first-order valence-electron chi connectivity index (χ1n) is 5.58. The van der Waals surface area contributed by atoms with Crippen molar-refractivity contribution in [1.82, 2.24) is 9.80 Å². The molecule has 1 fully saturated rings. The standard InChI is InChI=1S/C11H21BrN2O/c1-9(12)11(15)14(3)8-10-4-6-13(2)7-5-10/h9-10H,4-8H2,1-3H3. The fourth-order valence-corrected chi connectivity index (χ4v) is 2.38. The lowest BCUT2D eigenvalue weighted by atomic mass is 9.96. The minimum absolute atomic E-state index is 0.0613. The van der Waals surface area contributed by atoms with Gasteiger partial charge in [0.1, 0.15) is 0 Å². The zero-order valence-corrected chi connectivity index (χ0v) is 11.5. The summed E-state index contributed by atoms with van der Waals surface area (Å²) in [6, 6.07) is 0. The number of likely N-dealkylation sites (tertiary alicyclic amines) is 1. The molecule has 1 aliphatic heterocycles. The number of halogens is 1. The van der Waals surface area contributed by atoms with Crippen molar-refractivity contribution < 1.29 is 4.79 Å². The Labute approximate surface area is 101 Å². The van der Waals surface area contributed by atoms with Crippen LogP contribution in [0.15, 0.2) is 0 Å². The molecule has 1 aliphatic rings. The van der Waals surface area contributed by atoms with E-state index in [-0.39, 0.29) is 10.7 Å². The molecule has 0 aromatic heterocycles.